The van der Waals surface area contributed by atoms with Gasteiger partial charge in [-0.25, -0.2) is 13.8 Å². The van der Waals surface area contributed by atoms with Gasteiger partial charge in [-0.15, -0.1) is 0 Å². The van der Waals surface area contributed by atoms with E-state index in [4.69, 9.17) is 18.3 Å². The summed E-state index contributed by atoms with van der Waals surface area (Å²) in [4.78, 5) is 41.1. The number of para-hydroxylation sites is 2. The van der Waals surface area contributed by atoms with Crippen molar-refractivity contribution in [3.63, 3.8) is 0 Å². The molecule has 0 aromatic heterocycles. The zero-order valence-corrected chi connectivity index (χ0v) is 24.9. The van der Waals surface area contributed by atoms with Crippen LogP contribution in [0.25, 0.3) is 0 Å². The number of phosphoric ester groups is 1. The zero-order valence-electron chi connectivity index (χ0n) is 24.0. The second-order valence-corrected chi connectivity index (χ2v) is 11.6. The maximum absolute atomic E-state index is 15.2. The fourth-order valence-corrected chi connectivity index (χ4v) is 5.90. The van der Waals surface area contributed by atoms with Gasteiger partial charge in [-0.05, 0) is 42.5 Å². The molecular weight excluding hydrogens is 594 g/mol. The highest BCUT2D eigenvalue weighted by atomic mass is 31.2. The molecule has 3 aromatic carbocycles. The van der Waals surface area contributed by atoms with Gasteiger partial charge >= 0.3 is 13.9 Å². The van der Waals surface area contributed by atoms with Crippen molar-refractivity contribution < 1.29 is 41.6 Å². The Kier molecular flexibility index (Phi) is 9.66. The molecule has 0 bridgehead atoms. The van der Waals surface area contributed by atoms with Gasteiger partial charge in [0, 0.05) is 33.1 Å². The second-order valence-electron chi connectivity index (χ2n) is 10.1. The van der Waals surface area contributed by atoms with Crippen LogP contribution in [0.4, 0.5) is 20.6 Å². The van der Waals surface area contributed by atoms with Crippen molar-refractivity contribution >= 4 is 37.1 Å². The van der Waals surface area contributed by atoms with Gasteiger partial charge in [0.2, 0.25) is 11.8 Å². The van der Waals surface area contributed by atoms with E-state index in [1.807, 2.05) is 0 Å². The van der Waals surface area contributed by atoms with Crippen molar-refractivity contribution in [1.82, 2.24) is 10.2 Å². The minimum Gasteiger partial charge on any atom is -0.442 e. The molecular formula is C30H32FN4O8P. The molecule has 14 heteroatoms. The van der Waals surface area contributed by atoms with Crippen molar-refractivity contribution in [2.75, 3.05) is 55.7 Å². The van der Waals surface area contributed by atoms with Crippen molar-refractivity contribution in [2.45, 2.75) is 13.0 Å². The summed E-state index contributed by atoms with van der Waals surface area (Å²) in [5, 5.41) is 2.60. The Labute approximate surface area is 253 Å². The van der Waals surface area contributed by atoms with Crippen molar-refractivity contribution in [3.8, 4) is 11.5 Å². The first-order valence-corrected chi connectivity index (χ1v) is 15.4. The number of carbonyl (C=O) groups is 3. The van der Waals surface area contributed by atoms with Gasteiger partial charge in [-0.2, -0.15) is 0 Å². The number of nitrogens with one attached hydrogen (secondary N) is 1. The van der Waals surface area contributed by atoms with Crippen LogP contribution in [-0.4, -0.2) is 74.8 Å². The largest absolute Gasteiger partial charge is 0.588 e. The van der Waals surface area contributed by atoms with E-state index >= 15 is 4.39 Å². The molecule has 2 heterocycles. The van der Waals surface area contributed by atoms with Gasteiger partial charge < -0.3 is 28.9 Å². The first-order valence-electron chi connectivity index (χ1n) is 14.0. The molecule has 12 nitrogen and oxygen atoms in total. The molecule has 0 radical (unpaired) electrons. The quantitative estimate of drug-likeness (QED) is 0.312. The molecule has 1 atom stereocenters. The van der Waals surface area contributed by atoms with Gasteiger partial charge in [0.25, 0.3) is 0 Å². The Morgan fingerprint density at radius 3 is 2.14 bits per heavy atom. The van der Waals surface area contributed by atoms with Crippen molar-refractivity contribution in [3.05, 3.63) is 84.7 Å². The first-order chi connectivity index (χ1) is 21.2. The molecule has 3 aromatic rings. The maximum atomic E-state index is 15.2. The van der Waals surface area contributed by atoms with E-state index in [0.29, 0.717) is 24.5 Å². The van der Waals surface area contributed by atoms with Gasteiger partial charge in [0.1, 0.15) is 30.0 Å². The molecule has 2 fully saturated rings. The summed E-state index contributed by atoms with van der Waals surface area (Å²) in [5.41, 5.74) is 0.670. The Bertz CT molecular complexity index is 1480. The number of carbonyl (C=O) groups excluding carboxylic acids is 3. The number of anilines is 2. The van der Waals surface area contributed by atoms with Crippen LogP contribution in [0.5, 0.6) is 11.5 Å². The standard InChI is InChI=1S/C30H32FN4O8P/c1-22(36)32-19-26-20-35(30(38)41-26)23-12-13-28(27(31)18-23)33-14-16-34(17-15-33)29(37)21-40-44(39,42-24-8-4-2-5-9-24)43-25-10-6-3-7-11-25/h2-13,18,26H,14-17,19-21H2,1H3,(H,32,36). The Morgan fingerprint density at radius 1 is 0.955 bits per heavy atom. The predicted molar refractivity (Wildman–Crippen MR) is 159 cm³/mol. The van der Waals surface area contributed by atoms with E-state index in [9.17, 15) is 18.9 Å². The van der Waals surface area contributed by atoms with E-state index < -0.39 is 38.4 Å². The third-order valence-electron chi connectivity index (χ3n) is 6.94. The molecule has 44 heavy (non-hydrogen) atoms. The number of phosphoric acid groups is 1. The molecule has 2 aliphatic rings. The number of benzene rings is 3. The number of halogens is 1. The van der Waals surface area contributed by atoms with Crippen LogP contribution >= 0.6 is 7.82 Å². The number of piperazine rings is 1. The molecule has 232 valence electrons. The summed E-state index contributed by atoms with van der Waals surface area (Å²) in [5.74, 6) is -0.672. The minimum atomic E-state index is -4.23. The van der Waals surface area contributed by atoms with Crippen LogP contribution in [-0.2, 0) is 23.4 Å². The Morgan fingerprint density at radius 2 is 1.57 bits per heavy atom. The predicted octanol–water partition coefficient (Wildman–Crippen LogP) is 4.22. The molecule has 0 saturated carbocycles. The van der Waals surface area contributed by atoms with E-state index in [1.165, 1.54) is 22.8 Å². The molecule has 2 aliphatic heterocycles. The van der Waals surface area contributed by atoms with E-state index in [0.717, 1.165) is 0 Å². The Balaban J connectivity index is 1.16. The lowest BCUT2D eigenvalue weighted by molar-refractivity contribution is -0.134. The zero-order chi connectivity index (χ0) is 31.1. The van der Waals surface area contributed by atoms with Crippen molar-refractivity contribution in [1.29, 1.82) is 0 Å². The highest BCUT2D eigenvalue weighted by Gasteiger charge is 2.35. The van der Waals surface area contributed by atoms with Gasteiger partial charge in [0.05, 0.1) is 24.5 Å². The number of hydrogen-bond acceptors (Lipinski definition) is 9. The SMILES string of the molecule is CC(=O)NCC1CN(c2ccc(N3CCN(C(=O)COP(=O)(Oc4ccccc4)Oc4ccccc4)CC3)c(F)c2)C(=O)O1. The fourth-order valence-electron chi connectivity index (χ4n) is 4.73. The molecule has 2 saturated heterocycles. The van der Waals surface area contributed by atoms with Crippen molar-refractivity contribution in [2.24, 2.45) is 0 Å². The average Bonchev–Trinajstić information content (AvgIpc) is 3.40. The van der Waals surface area contributed by atoms with Crippen LogP contribution in [0.2, 0.25) is 0 Å². The normalized spacial score (nSPS) is 16.8. The lowest BCUT2D eigenvalue weighted by Crippen LogP contribution is -2.50. The van der Waals surface area contributed by atoms with Crippen LogP contribution in [0, 0.1) is 5.82 Å². The van der Waals surface area contributed by atoms with Gasteiger partial charge in [0.15, 0.2) is 0 Å². The lowest BCUT2D eigenvalue weighted by atomic mass is 10.2. The highest BCUT2D eigenvalue weighted by Crippen LogP contribution is 2.49. The summed E-state index contributed by atoms with van der Waals surface area (Å²) < 4.78 is 50.5. The first kappa shape index (κ1) is 30.8. The number of nitrogens with zero attached hydrogens (tertiary/aromatic N) is 3. The number of amides is 3. The fraction of sp³-hybridized carbons (Fsp3) is 0.300. The molecule has 1 unspecified atom stereocenters. The third-order valence-corrected chi connectivity index (χ3v) is 8.25. The van der Waals surface area contributed by atoms with Crippen LogP contribution in [0.1, 0.15) is 6.92 Å². The maximum Gasteiger partial charge on any atom is 0.588 e. The molecule has 1 N–H and O–H groups in total. The number of cyclic esters (lactones) is 1. The van der Waals surface area contributed by atoms with E-state index in [1.54, 1.807) is 77.7 Å². The number of ether oxygens (including phenoxy) is 1. The number of hydrogen-bond donors (Lipinski definition) is 1. The second kappa shape index (κ2) is 13.8. The van der Waals surface area contributed by atoms with E-state index in [2.05, 4.69) is 5.32 Å². The topological polar surface area (TPSA) is 127 Å². The summed E-state index contributed by atoms with van der Waals surface area (Å²) >= 11 is 0. The van der Waals surface area contributed by atoms with Crippen LogP contribution < -0.4 is 24.2 Å². The molecule has 0 aliphatic carbocycles. The van der Waals surface area contributed by atoms with Gasteiger partial charge in [-0.3, -0.25) is 19.0 Å². The smallest absolute Gasteiger partial charge is 0.442 e. The third kappa shape index (κ3) is 7.86. The monoisotopic (exact) mass is 626 g/mol. The summed E-state index contributed by atoms with van der Waals surface area (Å²) in [6.07, 6.45) is -1.15. The molecule has 5 rings (SSSR count). The molecule has 3 amide bonds. The Hall–Kier alpha value is -4.61. The molecule has 0 spiro atoms. The minimum absolute atomic E-state index is 0.170. The average molecular weight is 627 g/mol. The highest BCUT2D eigenvalue weighted by molar-refractivity contribution is 7.49. The summed E-state index contributed by atoms with van der Waals surface area (Å²) in [7, 11) is -4.23. The van der Waals surface area contributed by atoms with Crippen LogP contribution in [0.3, 0.4) is 0 Å². The summed E-state index contributed by atoms with van der Waals surface area (Å²) in [6.45, 7) is 2.40. The number of rotatable bonds is 11. The summed E-state index contributed by atoms with van der Waals surface area (Å²) in [6, 6.07) is 21.2. The van der Waals surface area contributed by atoms with Crippen LogP contribution in [0.15, 0.2) is 78.9 Å². The lowest BCUT2D eigenvalue weighted by Gasteiger charge is -2.36. The van der Waals surface area contributed by atoms with E-state index in [-0.39, 0.29) is 43.6 Å². The van der Waals surface area contributed by atoms with Gasteiger partial charge in [-0.1, -0.05) is 36.4 Å².